The van der Waals surface area contributed by atoms with Gasteiger partial charge in [-0.25, -0.2) is 0 Å². The Bertz CT molecular complexity index is 1160. The number of phenols is 3. The first-order valence-corrected chi connectivity index (χ1v) is 10.8. The highest BCUT2D eigenvalue weighted by Crippen LogP contribution is 2.43. The number of ketones is 1. The third kappa shape index (κ3) is 4.62. The van der Waals surface area contributed by atoms with E-state index in [-0.39, 0.29) is 22.6 Å². The monoisotopic (exact) mass is 508 g/mol. The molecule has 0 spiro atoms. The largest absolute Gasteiger partial charge is 0.507 e. The lowest BCUT2D eigenvalue weighted by atomic mass is 9.92. The summed E-state index contributed by atoms with van der Waals surface area (Å²) in [5.41, 5.74) is -0.199. The molecule has 2 aromatic carbocycles. The molecule has 36 heavy (non-hydrogen) atoms. The van der Waals surface area contributed by atoms with Crippen LogP contribution < -0.4 is 9.47 Å². The van der Waals surface area contributed by atoms with E-state index in [4.69, 9.17) is 18.9 Å². The van der Waals surface area contributed by atoms with E-state index in [2.05, 4.69) is 0 Å². The zero-order chi connectivity index (χ0) is 26.3. The molecule has 7 atom stereocenters. The average Bonchev–Trinajstić information content (AvgIpc) is 2.82. The number of hydrogen-bond donors (Lipinski definition) is 7. The zero-order valence-electron chi connectivity index (χ0n) is 18.7. The van der Waals surface area contributed by atoms with Gasteiger partial charge >= 0.3 is 5.97 Å². The van der Waals surface area contributed by atoms with Gasteiger partial charge in [-0.05, 0) is 17.7 Å². The van der Waals surface area contributed by atoms with E-state index < -0.39 is 78.5 Å². The number of carbonyl (C=O) groups is 2. The van der Waals surface area contributed by atoms with Gasteiger partial charge in [-0.1, -0.05) is 6.07 Å². The van der Waals surface area contributed by atoms with E-state index in [0.29, 0.717) is 0 Å². The molecule has 2 aliphatic rings. The van der Waals surface area contributed by atoms with E-state index in [1.165, 1.54) is 12.1 Å². The SMILES string of the molecule is CC(=O)O[C@H]1[C@H](Oc2cc(O)c3c(c2)O[C@H](c2ccc(O)c(O)c2)[C@@H](O)C3=O)O[C@H](CO)[C@H](O)[C@@H]1O. The number of fused-ring (bicyclic) bond motifs is 1. The summed E-state index contributed by atoms with van der Waals surface area (Å²) >= 11 is 0. The van der Waals surface area contributed by atoms with Crippen LogP contribution in [0.5, 0.6) is 28.7 Å². The van der Waals surface area contributed by atoms with Crippen molar-refractivity contribution in [2.75, 3.05) is 6.61 Å². The van der Waals surface area contributed by atoms with Crippen molar-refractivity contribution in [1.29, 1.82) is 0 Å². The van der Waals surface area contributed by atoms with Crippen molar-refractivity contribution in [1.82, 2.24) is 0 Å². The number of ether oxygens (including phenoxy) is 4. The highest BCUT2D eigenvalue weighted by molar-refractivity contribution is 6.05. The number of aromatic hydroxyl groups is 3. The second kappa shape index (κ2) is 9.79. The van der Waals surface area contributed by atoms with Gasteiger partial charge in [-0.2, -0.15) is 0 Å². The summed E-state index contributed by atoms with van der Waals surface area (Å²) in [5.74, 6) is -3.65. The number of carbonyl (C=O) groups excluding carboxylic acids is 2. The van der Waals surface area contributed by atoms with Crippen LogP contribution in [0, 0.1) is 0 Å². The first kappa shape index (κ1) is 25.5. The molecular weight excluding hydrogens is 484 g/mol. The van der Waals surface area contributed by atoms with Crippen molar-refractivity contribution in [3.05, 3.63) is 41.5 Å². The van der Waals surface area contributed by atoms with E-state index >= 15 is 0 Å². The lowest BCUT2D eigenvalue weighted by molar-refractivity contribution is -0.281. The van der Waals surface area contributed by atoms with Gasteiger partial charge in [0.25, 0.3) is 0 Å². The lowest BCUT2D eigenvalue weighted by Crippen LogP contribution is -2.61. The fourth-order valence-electron chi connectivity index (χ4n) is 4.04. The average molecular weight is 508 g/mol. The van der Waals surface area contributed by atoms with E-state index in [1.807, 2.05) is 0 Å². The van der Waals surface area contributed by atoms with Crippen LogP contribution in [0.15, 0.2) is 30.3 Å². The third-order valence-corrected chi connectivity index (χ3v) is 5.82. The maximum absolute atomic E-state index is 12.8. The van der Waals surface area contributed by atoms with Gasteiger partial charge in [-0.3, -0.25) is 9.59 Å². The molecule has 2 aliphatic heterocycles. The van der Waals surface area contributed by atoms with Crippen molar-refractivity contribution < 1.29 is 64.3 Å². The summed E-state index contributed by atoms with van der Waals surface area (Å²) in [7, 11) is 0. The molecule has 0 saturated carbocycles. The van der Waals surface area contributed by atoms with E-state index in [9.17, 15) is 45.3 Å². The van der Waals surface area contributed by atoms with E-state index in [0.717, 1.165) is 25.1 Å². The van der Waals surface area contributed by atoms with Crippen LogP contribution in [-0.2, 0) is 14.3 Å². The summed E-state index contributed by atoms with van der Waals surface area (Å²) in [4.78, 5) is 24.3. The molecule has 0 unspecified atom stereocenters. The summed E-state index contributed by atoms with van der Waals surface area (Å²) in [6.45, 7) is 0.363. The number of rotatable bonds is 5. The number of hydrogen-bond acceptors (Lipinski definition) is 13. The number of Topliss-reactive ketones (excluding diaryl/α,β-unsaturated/α-hetero) is 1. The molecule has 2 heterocycles. The Morgan fingerprint density at radius 2 is 1.72 bits per heavy atom. The maximum Gasteiger partial charge on any atom is 0.303 e. The Labute approximate surface area is 203 Å². The minimum absolute atomic E-state index is 0.149. The molecule has 0 amide bonds. The van der Waals surface area contributed by atoms with Crippen LogP contribution in [0.2, 0.25) is 0 Å². The number of benzene rings is 2. The predicted octanol–water partition coefficient (Wildman–Crippen LogP) is -0.770. The van der Waals surface area contributed by atoms with Crippen LogP contribution in [0.3, 0.4) is 0 Å². The van der Waals surface area contributed by atoms with Gasteiger partial charge in [0.05, 0.1) is 6.61 Å². The lowest BCUT2D eigenvalue weighted by Gasteiger charge is -2.41. The summed E-state index contributed by atoms with van der Waals surface area (Å²) in [5, 5.41) is 70.2. The Hall–Kier alpha value is -3.62. The zero-order valence-corrected chi connectivity index (χ0v) is 18.7. The molecule has 0 aliphatic carbocycles. The van der Waals surface area contributed by atoms with Crippen molar-refractivity contribution in [2.45, 2.75) is 49.8 Å². The molecule has 7 N–H and O–H groups in total. The van der Waals surface area contributed by atoms with Gasteiger partial charge in [-0.15, -0.1) is 0 Å². The maximum atomic E-state index is 12.8. The van der Waals surface area contributed by atoms with Crippen molar-refractivity contribution >= 4 is 11.8 Å². The second-order valence-corrected chi connectivity index (χ2v) is 8.31. The Balaban J connectivity index is 1.66. The normalized spacial score (nSPS) is 29.7. The minimum atomic E-state index is -1.75. The van der Waals surface area contributed by atoms with Crippen molar-refractivity contribution in [3.8, 4) is 28.7 Å². The highest BCUT2D eigenvalue weighted by Gasteiger charge is 2.48. The molecular formula is C23H24O13. The Kier molecular flexibility index (Phi) is 6.93. The summed E-state index contributed by atoms with van der Waals surface area (Å²) < 4.78 is 21.8. The number of aliphatic hydroxyl groups excluding tert-OH is 4. The molecule has 2 aromatic rings. The van der Waals surface area contributed by atoms with Gasteiger partial charge in [0.1, 0.15) is 41.1 Å². The molecule has 0 aromatic heterocycles. The number of phenolic OH excluding ortho intramolecular Hbond substituents is 3. The van der Waals surface area contributed by atoms with Gasteiger partial charge < -0.3 is 54.7 Å². The Morgan fingerprint density at radius 3 is 2.36 bits per heavy atom. The molecule has 1 fully saturated rings. The molecule has 13 nitrogen and oxygen atoms in total. The van der Waals surface area contributed by atoms with Crippen LogP contribution in [-0.4, -0.2) is 90.9 Å². The van der Waals surface area contributed by atoms with E-state index in [1.54, 1.807) is 0 Å². The highest BCUT2D eigenvalue weighted by atomic mass is 16.7. The standard InChI is InChI=1S/C23H24O13/c1-8(25)33-22-19(31)17(29)15(7-24)36-23(22)34-10-5-13(28)16-14(6-10)35-21(20(32)18(16)30)9-2-3-11(26)12(27)4-9/h2-6,15,17,19-24,26-29,31-32H,7H2,1H3/t15-,17+,19+,20+,21-,22-,23-/m1/s1. The van der Waals surface area contributed by atoms with Crippen LogP contribution in [0.1, 0.15) is 28.9 Å². The first-order chi connectivity index (χ1) is 17.0. The number of aliphatic hydroxyl groups is 4. The third-order valence-electron chi connectivity index (χ3n) is 5.82. The summed E-state index contributed by atoms with van der Waals surface area (Å²) in [6.07, 6.45) is -10.7. The fraction of sp³-hybridized carbons (Fsp3) is 0.391. The molecule has 194 valence electrons. The summed E-state index contributed by atoms with van der Waals surface area (Å²) in [6, 6.07) is 5.74. The second-order valence-electron chi connectivity index (χ2n) is 8.31. The topological polar surface area (TPSA) is 213 Å². The van der Waals surface area contributed by atoms with Crippen molar-refractivity contribution in [3.63, 3.8) is 0 Å². The smallest absolute Gasteiger partial charge is 0.303 e. The minimum Gasteiger partial charge on any atom is -0.507 e. The fourth-order valence-corrected chi connectivity index (χ4v) is 4.04. The molecule has 4 rings (SSSR count). The Morgan fingerprint density at radius 1 is 1.00 bits per heavy atom. The van der Waals surface area contributed by atoms with Gasteiger partial charge in [0.15, 0.2) is 29.8 Å². The van der Waals surface area contributed by atoms with Crippen LogP contribution in [0.25, 0.3) is 0 Å². The number of esters is 1. The van der Waals surface area contributed by atoms with Gasteiger partial charge in [0, 0.05) is 19.1 Å². The van der Waals surface area contributed by atoms with Crippen molar-refractivity contribution in [2.24, 2.45) is 0 Å². The first-order valence-electron chi connectivity index (χ1n) is 10.8. The molecule has 1 saturated heterocycles. The van der Waals surface area contributed by atoms with Gasteiger partial charge in [0.2, 0.25) is 12.1 Å². The quantitative estimate of drug-likeness (QED) is 0.195. The predicted molar refractivity (Wildman–Crippen MR) is 116 cm³/mol. The molecule has 0 radical (unpaired) electrons. The van der Waals surface area contributed by atoms with Crippen LogP contribution in [0.4, 0.5) is 0 Å². The molecule has 13 heteroatoms. The van der Waals surface area contributed by atoms with Crippen LogP contribution >= 0.6 is 0 Å². The molecule has 0 bridgehead atoms.